The summed E-state index contributed by atoms with van der Waals surface area (Å²) in [4.78, 5) is 248. The topological polar surface area (TPSA) is 461 Å². The standard InChI is InChI=1S/C91H138N16O19/c1-24-62-87(120)101(17)47-72(108)102(18)67(41-50(2)3)84(117)100-75(54(10)11)90(123)103(19)68(42-51(4)5)83(116)93-57(15)80(113)94-58(16)86(119)104(20)69(43-52(6)7)88(121)105(21)70(44-53(8)9)89(122)106(22)76(55(12)13)91(124)107(23)77(85(118)97-62)78(111)56(14)45-71-95-63-36-35-61(46-66(63)96-71)81(114)99-65(38-40-74(110)126-49-60-33-29-26-30-34-60)82(115)98-64(79(92)112)37-39-73(109)125-48-59-31-27-25-28-32-59/h25-36,46,50-58,62,64-65,67-70,75-78,111H,24,37-45,47-49H2,1-23H3,(H2,92,112)(H,93,116)(H,94,113)(H,95,96)(H,97,118)(H,98,115)(H,99,114)(H,100,117). The van der Waals surface area contributed by atoms with Crippen LogP contribution in [0.15, 0.2) is 78.9 Å². The highest BCUT2D eigenvalue weighted by Gasteiger charge is 2.47. The van der Waals surface area contributed by atoms with E-state index in [2.05, 4.69) is 36.9 Å². The van der Waals surface area contributed by atoms with E-state index in [9.17, 15) is 62.6 Å². The fraction of sp³-hybridized carbons (Fsp3) is 0.615. The first-order valence-corrected chi connectivity index (χ1v) is 43.5. The van der Waals surface area contributed by atoms with Crippen molar-refractivity contribution >= 4 is 106 Å². The summed E-state index contributed by atoms with van der Waals surface area (Å²) in [6, 6.07) is 5.55. The predicted octanol–water partition coefficient (Wildman–Crippen LogP) is 4.54. The van der Waals surface area contributed by atoms with Crippen molar-refractivity contribution in [2.75, 3.05) is 55.9 Å². The fourth-order valence-corrected chi connectivity index (χ4v) is 15.1. The second-order valence-electron chi connectivity index (χ2n) is 35.8. The second-order valence-corrected chi connectivity index (χ2v) is 35.8. The number of aromatic amines is 1. The number of aromatic nitrogens is 2. The van der Waals surface area contributed by atoms with Gasteiger partial charge in [0, 0.05) is 74.2 Å². The molecular formula is C91H138N16O19. The van der Waals surface area contributed by atoms with Gasteiger partial charge in [0.2, 0.25) is 76.8 Å². The molecule has 126 heavy (non-hydrogen) atoms. The molecule has 14 atom stereocenters. The highest BCUT2D eigenvalue weighted by Crippen LogP contribution is 2.28. The van der Waals surface area contributed by atoms with E-state index in [1.807, 2.05) is 55.4 Å². The van der Waals surface area contributed by atoms with E-state index in [1.165, 1.54) is 101 Å². The number of esters is 2. The molecule has 0 radical (unpaired) electrons. The summed E-state index contributed by atoms with van der Waals surface area (Å²) in [5, 5.41) is 29.1. The summed E-state index contributed by atoms with van der Waals surface area (Å²) in [5.41, 5.74) is 7.69. The molecule has 0 spiro atoms. The van der Waals surface area contributed by atoms with Gasteiger partial charge in [-0.05, 0) is 130 Å². The molecule has 14 amide bonds. The first kappa shape index (κ1) is 105. The van der Waals surface area contributed by atoms with Gasteiger partial charge in [0.15, 0.2) is 0 Å². The van der Waals surface area contributed by atoms with Crippen LogP contribution in [0, 0.1) is 41.4 Å². The number of carbonyl (C=O) groups is 16. The summed E-state index contributed by atoms with van der Waals surface area (Å²) in [6.45, 7) is 26.6. The van der Waals surface area contributed by atoms with Gasteiger partial charge in [-0.1, -0.05) is 158 Å². The molecule has 5 rings (SSSR count). The normalized spacial score (nSPS) is 22.2. The van der Waals surface area contributed by atoms with Gasteiger partial charge in [0.05, 0.1) is 23.7 Å². The molecule has 4 aromatic rings. The number of imidazole rings is 1. The Morgan fingerprint density at radius 3 is 1.45 bits per heavy atom. The van der Waals surface area contributed by atoms with Gasteiger partial charge in [-0.2, -0.15) is 0 Å². The molecule has 14 unspecified atom stereocenters. The molecule has 10 N–H and O–H groups in total. The maximum Gasteiger partial charge on any atom is 0.306 e. The molecule has 696 valence electrons. The van der Waals surface area contributed by atoms with Gasteiger partial charge >= 0.3 is 11.9 Å². The molecular weight excluding hydrogens is 1620 g/mol. The smallest absolute Gasteiger partial charge is 0.306 e. The lowest BCUT2D eigenvalue weighted by molar-refractivity contribution is -0.157. The summed E-state index contributed by atoms with van der Waals surface area (Å²) in [6.07, 6.45) is -3.10. The van der Waals surface area contributed by atoms with Crippen molar-refractivity contribution in [1.82, 2.24) is 76.2 Å². The van der Waals surface area contributed by atoms with E-state index in [1.54, 1.807) is 102 Å². The van der Waals surface area contributed by atoms with Crippen LogP contribution in [-0.2, 0) is 101 Å². The third kappa shape index (κ3) is 30.2. The Morgan fingerprint density at radius 2 is 0.960 bits per heavy atom. The number of benzene rings is 3. The number of amides is 14. The Kier molecular flexibility index (Phi) is 40.8. The minimum absolute atomic E-state index is 0.0211. The minimum Gasteiger partial charge on any atom is -0.461 e. The van der Waals surface area contributed by atoms with Gasteiger partial charge in [-0.3, -0.25) is 76.7 Å². The molecule has 35 nitrogen and oxygen atoms in total. The lowest BCUT2D eigenvalue weighted by Crippen LogP contribution is -2.63. The number of H-pyrrole nitrogens is 1. The van der Waals surface area contributed by atoms with Crippen molar-refractivity contribution in [2.24, 2.45) is 47.2 Å². The minimum atomic E-state index is -1.89. The Bertz CT molecular complexity index is 4420. The zero-order chi connectivity index (χ0) is 94.7. The largest absolute Gasteiger partial charge is 0.461 e. The van der Waals surface area contributed by atoms with Crippen LogP contribution in [0.1, 0.15) is 196 Å². The van der Waals surface area contributed by atoms with Gasteiger partial charge in [-0.25, -0.2) is 4.98 Å². The molecule has 0 aliphatic carbocycles. The van der Waals surface area contributed by atoms with Crippen LogP contribution in [0.4, 0.5) is 0 Å². The van der Waals surface area contributed by atoms with Crippen LogP contribution < -0.4 is 37.6 Å². The van der Waals surface area contributed by atoms with Gasteiger partial charge in [-0.15, -0.1) is 0 Å². The number of aliphatic hydroxyl groups is 1. The first-order chi connectivity index (χ1) is 59.0. The lowest BCUT2D eigenvalue weighted by atomic mass is 9.91. The van der Waals surface area contributed by atoms with Crippen molar-refractivity contribution in [3.05, 3.63) is 101 Å². The third-order valence-corrected chi connectivity index (χ3v) is 22.7. The number of ether oxygens (including phenoxy) is 2. The highest BCUT2D eigenvalue weighted by atomic mass is 16.5. The van der Waals surface area contributed by atoms with Crippen molar-refractivity contribution in [1.29, 1.82) is 0 Å². The molecule has 1 saturated heterocycles. The number of nitrogens with zero attached hydrogens (tertiary/aromatic N) is 8. The van der Waals surface area contributed by atoms with Crippen LogP contribution in [0.25, 0.3) is 11.0 Å². The number of carbonyl (C=O) groups excluding carboxylic acids is 16. The lowest BCUT2D eigenvalue weighted by Gasteiger charge is -2.41. The van der Waals surface area contributed by atoms with E-state index < -0.39 is 198 Å². The summed E-state index contributed by atoms with van der Waals surface area (Å²) < 4.78 is 10.8. The number of nitrogens with one attached hydrogen (secondary N) is 7. The molecule has 0 saturated carbocycles. The number of likely N-dealkylation sites (N-methyl/N-ethyl adjacent to an activating group) is 7. The summed E-state index contributed by atoms with van der Waals surface area (Å²) in [7, 11) is 9.55. The first-order valence-electron chi connectivity index (χ1n) is 43.5. The van der Waals surface area contributed by atoms with Crippen LogP contribution in [-0.4, -0.2) is 278 Å². The fourth-order valence-electron chi connectivity index (χ4n) is 15.1. The third-order valence-electron chi connectivity index (χ3n) is 22.7. The number of primary amides is 1. The molecule has 1 fully saturated rings. The number of rotatable bonds is 30. The number of nitrogens with two attached hydrogens (primary N) is 1. The maximum atomic E-state index is 15.8. The maximum absolute atomic E-state index is 15.8. The molecule has 0 bridgehead atoms. The SMILES string of the molecule is CCC1NC(=O)C(C(O)C(C)Cc2nc3ccc(C(=O)NC(CCC(=O)OCc4ccccc4)C(=O)NC(CCC(=O)OCc4ccccc4)C(N)=O)cc3[nH]2)N(C)C(=O)C(C(C)C)N(C)C(=O)C(CC(C)C)N(C)C(=O)C(CC(C)C)N(C)C(=O)C(C)NC(=O)C(C)NC(=O)C(CC(C)C)N(C)C(=O)C(C(C)C)NC(=O)C(CC(C)C)N(C)C(=O)CN(C)C1=O. The van der Waals surface area contributed by atoms with E-state index in [0.717, 1.165) is 14.7 Å². The molecule has 1 aliphatic rings. The average Bonchev–Trinajstić information content (AvgIpc) is 1.22. The summed E-state index contributed by atoms with van der Waals surface area (Å²) in [5.74, 6) is -15.5. The van der Waals surface area contributed by atoms with Gasteiger partial charge < -0.3 is 91.5 Å². The number of aliphatic hydroxyl groups excluding tert-OH is 1. The number of fused-ring (bicyclic) bond motifs is 1. The van der Waals surface area contributed by atoms with Gasteiger partial charge in [0.1, 0.15) is 91.5 Å². The van der Waals surface area contributed by atoms with Gasteiger partial charge in [0.25, 0.3) is 5.91 Å². The van der Waals surface area contributed by atoms with E-state index in [-0.39, 0.29) is 118 Å². The Labute approximate surface area is 740 Å². The van der Waals surface area contributed by atoms with Crippen LogP contribution in [0.5, 0.6) is 0 Å². The average molecular weight is 1760 g/mol. The van der Waals surface area contributed by atoms with E-state index in [0.29, 0.717) is 16.6 Å². The van der Waals surface area contributed by atoms with Crippen molar-refractivity contribution in [3.8, 4) is 0 Å². The highest BCUT2D eigenvalue weighted by molar-refractivity contribution is 6.02. The summed E-state index contributed by atoms with van der Waals surface area (Å²) >= 11 is 0. The monoisotopic (exact) mass is 1760 g/mol. The molecule has 35 heteroatoms. The van der Waals surface area contributed by atoms with Crippen LogP contribution in [0.2, 0.25) is 0 Å². The van der Waals surface area contributed by atoms with Crippen molar-refractivity contribution in [2.45, 2.75) is 267 Å². The van der Waals surface area contributed by atoms with E-state index >= 15 is 19.2 Å². The molecule has 1 aromatic heterocycles. The van der Waals surface area contributed by atoms with Crippen LogP contribution >= 0.6 is 0 Å². The van der Waals surface area contributed by atoms with Crippen molar-refractivity contribution < 1.29 is 91.3 Å². The second kappa shape index (κ2) is 48.9. The quantitative estimate of drug-likeness (QED) is 0.0324. The molecule has 2 heterocycles. The Balaban J connectivity index is 1.58. The Hall–Kier alpha value is -11.4. The van der Waals surface area contributed by atoms with Crippen LogP contribution in [0.3, 0.4) is 0 Å². The number of hydrogen-bond donors (Lipinski definition) is 9. The molecule has 3 aromatic carbocycles. The molecule has 1 aliphatic heterocycles. The Morgan fingerprint density at radius 1 is 0.500 bits per heavy atom. The zero-order valence-electron chi connectivity index (χ0n) is 77.7. The zero-order valence-corrected chi connectivity index (χ0v) is 77.7. The predicted molar refractivity (Wildman–Crippen MR) is 472 cm³/mol. The van der Waals surface area contributed by atoms with E-state index in [4.69, 9.17) is 20.2 Å². The number of hydrogen-bond acceptors (Lipinski definition) is 20. The van der Waals surface area contributed by atoms with Crippen molar-refractivity contribution in [3.63, 3.8) is 0 Å².